The highest BCUT2D eigenvalue weighted by Crippen LogP contribution is 2.42. The van der Waals surface area contributed by atoms with Gasteiger partial charge in [-0.05, 0) is 43.0 Å². The molecular weight excluding hydrogens is 646 g/mol. The minimum atomic E-state index is -0.714. The third-order valence-corrected chi connectivity index (χ3v) is 11.0. The number of hydrogen-bond donors (Lipinski definition) is 2. The number of nitrogens with one attached hydrogen (secondary N) is 1. The number of rotatable bonds is 9. The molecule has 0 radical (unpaired) electrons. The fourth-order valence-electron chi connectivity index (χ4n) is 7.80. The molecular formula is C36H39N5O7S. The van der Waals surface area contributed by atoms with Crippen LogP contribution >= 0.6 is 11.3 Å². The fraction of sp³-hybridized carbons (Fsp3) is 0.444. The summed E-state index contributed by atoms with van der Waals surface area (Å²) in [5, 5.41) is 12.1. The van der Waals surface area contributed by atoms with Crippen LogP contribution in [0, 0.1) is 11.8 Å². The van der Waals surface area contributed by atoms with E-state index in [0.29, 0.717) is 67.1 Å². The Morgan fingerprint density at radius 1 is 0.959 bits per heavy atom. The van der Waals surface area contributed by atoms with E-state index in [4.69, 9.17) is 4.74 Å². The van der Waals surface area contributed by atoms with Gasteiger partial charge in [-0.3, -0.25) is 33.9 Å². The molecule has 1 saturated heterocycles. The first-order valence-electron chi connectivity index (χ1n) is 17.0. The summed E-state index contributed by atoms with van der Waals surface area (Å²) < 4.78 is 6.64. The van der Waals surface area contributed by atoms with Gasteiger partial charge in [-0.2, -0.15) is 0 Å². The zero-order valence-electron chi connectivity index (χ0n) is 27.1. The Bertz CT molecular complexity index is 1730. The maximum atomic E-state index is 14.6. The third-order valence-electron chi connectivity index (χ3n) is 10.2. The average molecular weight is 686 g/mol. The Hall–Kier alpha value is -4.62. The predicted molar refractivity (Wildman–Crippen MR) is 179 cm³/mol. The van der Waals surface area contributed by atoms with Crippen LogP contribution in [-0.4, -0.2) is 99.8 Å². The highest BCUT2D eigenvalue weighted by molar-refractivity contribution is 7.11. The maximum Gasteiger partial charge on any atom is 0.265 e. The second-order valence-corrected chi connectivity index (χ2v) is 13.9. The summed E-state index contributed by atoms with van der Waals surface area (Å²) in [6, 6.07) is 11.7. The first kappa shape index (κ1) is 32.9. The summed E-state index contributed by atoms with van der Waals surface area (Å²) in [6.07, 6.45) is 5.16. The lowest BCUT2D eigenvalue weighted by molar-refractivity contribution is -0.146. The number of carbonyl (C=O) groups is 5. The molecule has 2 fully saturated rings. The molecule has 13 heteroatoms. The maximum absolute atomic E-state index is 14.6. The van der Waals surface area contributed by atoms with E-state index in [1.54, 1.807) is 45.8 Å². The molecule has 5 amide bonds. The fourth-order valence-corrected chi connectivity index (χ4v) is 8.39. The quantitative estimate of drug-likeness (QED) is 0.327. The Morgan fingerprint density at radius 3 is 2.43 bits per heavy atom. The monoisotopic (exact) mass is 685 g/mol. The third kappa shape index (κ3) is 6.32. The van der Waals surface area contributed by atoms with Gasteiger partial charge in [0.25, 0.3) is 17.7 Å². The molecule has 1 saturated carbocycles. The topological polar surface area (TPSA) is 149 Å². The number of imide groups is 1. The van der Waals surface area contributed by atoms with Gasteiger partial charge in [0.2, 0.25) is 11.8 Å². The molecule has 4 atom stereocenters. The number of amides is 5. The van der Waals surface area contributed by atoms with E-state index in [1.165, 1.54) is 16.2 Å². The summed E-state index contributed by atoms with van der Waals surface area (Å²) in [4.78, 5) is 77.4. The van der Waals surface area contributed by atoms with E-state index in [-0.39, 0.29) is 43.5 Å². The molecule has 4 aliphatic rings. The normalized spacial score (nSPS) is 23.3. The van der Waals surface area contributed by atoms with Gasteiger partial charge in [0, 0.05) is 43.5 Å². The number of hydrogen-bond acceptors (Lipinski definition) is 9. The van der Waals surface area contributed by atoms with E-state index in [2.05, 4.69) is 10.3 Å². The number of ether oxygens (including phenoxy) is 1. The van der Waals surface area contributed by atoms with Gasteiger partial charge < -0.3 is 25.0 Å². The highest BCUT2D eigenvalue weighted by Gasteiger charge is 2.45. The lowest BCUT2D eigenvalue weighted by atomic mass is 9.77. The SMILES string of the molecule is O=C(NCCO)C1CCCCC1C(=O)N1CCc2cccc(OC3CCN(C(=O)c4cncs4)C3)c2[C@H]1CN1C(=O)c2ccccc2C1=O. The molecule has 49 heavy (non-hydrogen) atoms. The summed E-state index contributed by atoms with van der Waals surface area (Å²) in [5.74, 6) is -1.91. The molecule has 4 heterocycles. The van der Waals surface area contributed by atoms with Crippen LogP contribution in [0.2, 0.25) is 0 Å². The van der Waals surface area contributed by atoms with Crippen molar-refractivity contribution in [3.63, 3.8) is 0 Å². The number of benzene rings is 2. The molecule has 0 spiro atoms. The molecule has 12 nitrogen and oxygen atoms in total. The smallest absolute Gasteiger partial charge is 0.265 e. The Morgan fingerprint density at radius 2 is 1.71 bits per heavy atom. The molecule has 7 rings (SSSR count). The molecule has 3 aliphatic heterocycles. The minimum Gasteiger partial charge on any atom is -0.488 e. The van der Waals surface area contributed by atoms with Crippen molar-refractivity contribution >= 4 is 40.9 Å². The van der Waals surface area contributed by atoms with Gasteiger partial charge >= 0.3 is 0 Å². The number of fused-ring (bicyclic) bond motifs is 2. The first-order valence-corrected chi connectivity index (χ1v) is 17.8. The van der Waals surface area contributed by atoms with Crippen LogP contribution in [-0.2, 0) is 16.0 Å². The zero-order valence-corrected chi connectivity index (χ0v) is 27.9. The lowest BCUT2D eigenvalue weighted by Gasteiger charge is -2.43. The Kier molecular flexibility index (Phi) is 9.46. The van der Waals surface area contributed by atoms with Crippen LogP contribution in [0.3, 0.4) is 0 Å². The van der Waals surface area contributed by atoms with Crippen LogP contribution < -0.4 is 10.1 Å². The molecule has 1 aromatic heterocycles. The average Bonchev–Trinajstić information content (AvgIpc) is 3.89. The number of aliphatic hydroxyl groups is 1. The first-order chi connectivity index (χ1) is 23.9. The van der Waals surface area contributed by atoms with Gasteiger partial charge in [0.1, 0.15) is 16.7 Å². The van der Waals surface area contributed by atoms with Crippen LogP contribution in [0.4, 0.5) is 0 Å². The van der Waals surface area contributed by atoms with Crippen molar-refractivity contribution in [2.45, 2.75) is 50.7 Å². The number of thiazole rings is 1. The van der Waals surface area contributed by atoms with Crippen molar-refractivity contribution in [3.05, 3.63) is 81.3 Å². The van der Waals surface area contributed by atoms with E-state index >= 15 is 0 Å². The van der Waals surface area contributed by atoms with Crippen molar-refractivity contribution in [2.24, 2.45) is 11.8 Å². The van der Waals surface area contributed by atoms with Gasteiger partial charge in [0.15, 0.2) is 0 Å². The van der Waals surface area contributed by atoms with E-state index in [1.807, 2.05) is 18.2 Å². The Balaban J connectivity index is 1.20. The molecule has 0 bridgehead atoms. The van der Waals surface area contributed by atoms with Crippen LogP contribution in [0.15, 0.2) is 54.2 Å². The van der Waals surface area contributed by atoms with Gasteiger partial charge in [-0.15, -0.1) is 11.3 Å². The number of aromatic nitrogens is 1. The molecule has 2 aromatic carbocycles. The van der Waals surface area contributed by atoms with Crippen molar-refractivity contribution in [1.82, 2.24) is 25.0 Å². The minimum absolute atomic E-state index is 0.0692. The summed E-state index contributed by atoms with van der Waals surface area (Å²) in [7, 11) is 0. The second-order valence-electron chi connectivity index (χ2n) is 13.1. The molecule has 3 aromatic rings. The van der Waals surface area contributed by atoms with Crippen LogP contribution in [0.1, 0.15) is 79.7 Å². The Labute approximate surface area is 288 Å². The van der Waals surface area contributed by atoms with E-state index in [9.17, 15) is 29.1 Å². The van der Waals surface area contributed by atoms with E-state index in [0.717, 1.165) is 24.0 Å². The molecule has 256 valence electrons. The summed E-state index contributed by atoms with van der Waals surface area (Å²) in [5.41, 5.74) is 3.99. The number of aliphatic hydroxyl groups excluding tert-OH is 1. The lowest BCUT2D eigenvalue weighted by Crippen LogP contribution is -2.51. The van der Waals surface area contributed by atoms with Gasteiger partial charge in [0.05, 0.1) is 48.6 Å². The van der Waals surface area contributed by atoms with Crippen LogP contribution in [0.5, 0.6) is 5.75 Å². The number of nitrogens with zero attached hydrogens (tertiary/aromatic N) is 4. The van der Waals surface area contributed by atoms with E-state index < -0.39 is 29.7 Å². The van der Waals surface area contributed by atoms with Crippen molar-refractivity contribution in [1.29, 1.82) is 0 Å². The second kappa shape index (κ2) is 14.1. The molecule has 1 aliphatic carbocycles. The standard InChI is InChI=1S/C36H39N5O7S/c42-17-14-38-32(43)24-7-1-2-8-25(24)33(44)40-16-12-22-6-5-11-29(48-23-13-15-39(19-23)36(47)30-18-37-21-49-30)31(22)28(40)20-41-34(45)26-9-3-4-10-27(26)35(41)46/h3-6,9-11,18,21,23-25,28,42H,1-2,7-8,12-17,19-20H2,(H,38,43)/t23?,24?,25?,28-/m1/s1. The predicted octanol–water partition coefficient (Wildman–Crippen LogP) is 3.07. The van der Waals surface area contributed by atoms with Gasteiger partial charge in [-0.25, -0.2) is 0 Å². The summed E-state index contributed by atoms with van der Waals surface area (Å²) in [6.45, 7) is 1.12. The van der Waals surface area contributed by atoms with Crippen LogP contribution in [0.25, 0.3) is 0 Å². The largest absolute Gasteiger partial charge is 0.488 e. The van der Waals surface area contributed by atoms with Crippen molar-refractivity contribution in [2.75, 3.05) is 39.3 Å². The van der Waals surface area contributed by atoms with Gasteiger partial charge in [-0.1, -0.05) is 37.1 Å². The number of carbonyl (C=O) groups excluding carboxylic acids is 5. The zero-order chi connectivity index (χ0) is 34.1. The van der Waals surface area contributed by atoms with Crippen molar-refractivity contribution < 1.29 is 33.8 Å². The number of likely N-dealkylation sites (tertiary alicyclic amines) is 1. The summed E-state index contributed by atoms with van der Waals surface area (Å²) >= 11 is 1.30. The van der Waals surface area contributed by atoms with Crippen molar-refractivity contribution in [3.8, 4) is 5.75 Å². The molecule has 3 unspecified atom stereocenters. The molecule has 2 N–H and O–H groups in total. The highest BCUT2D eigenvalue weighted by atomic mass is 32.1.